The molecule has 2 aromatic rings. The molecule has 0 atom stereocenters. The molecule has 0 fully saturated rings. The fourth-order valence-electron chi connectivity index (χ4n) is 1.35. The second-order valence-corrected chi connectivity index (χ2v) is 3.18. The van der Waals surface area contributed by atoms with E-state index in [1.807, 2.05) is 0 Å². The first-order chi connectivity index (χ1) is 6.48. The van der Waals surface area contributed by atoms with Crippen molar-refractivity contribution < 1.29 is 64.3 Å². The standard InChI is InChI=1S/C8H7BF3N2.K/c1-14-5-13-7-3-2-6(4-8(7)14)9(10,11)12;/h2-5H,1H3;/q-1;+1. The molecule has 0 saturated heterocycles. The number of rotatable bonds is 1. The summed E-state index contributed by atoms with van der Waals surface area (Å²) in [5, 5.41) is 0. The van der Waals surface area contributed by atoms with E-state index >= 15 is 0 Å². The molecule has 74 valence electrons. The number of halogens is 3. The summed E-state index contributed by atoms with van der Waals surface area (Å²) in [5.41, 5.74) is 0.499. The Balaban J connectivity index is 0.00000112. The van der Waals surface area contributed by atoms with Crippen LogP contribution < -0.4 is 56.8 Å². The third-order valence-corrected chi connectivity index (χ3v) is 2.13. The molecule has 0 bridgehead atoms. The molecule has 0 spiro atoms. The zero-order chi connectivity index (χ0) is 10.3. The van der Waals surface area contributed by atoms with Gasteiger partial charge in [-0.05, 0) is 6.07 Å². The van der Waals surface area contributed by atoms with Crippen molar-refractivity contribution in [3.8, 4) is 0 Å². The van der Waals surface area contributed by atoms with Crippen molar-refractivity contribution in [2.45, 2.75) is 0 Å². The molecule has 15 heavy (non-hydrogen) atoms. The van der Waals surface area contributed by atoms with Gasteiger partial charge in [0.1, 0.15) is 0 Å². The molecular weight excluding hydrogens is 231 g/mol. The number of nitrogens with zero attached hydrogens (tertiary/aromatic N) is 2. The summed E-state index contributed by atoms with van der Waals surface area (Å²) < 4.78 is 38.7. The predicted molar refractivity (Wildman–Crippen MR) is 49.4 cm³/mol. The Morgan fingerprint density at radius 2 is 1.93 bits per heavy atom. The summed E-state index contributed by atoms with van der Waals surface area (Å²) in [5.74, 6) is 0. The van der Waals surface area contributed by atoms with E-state index in [1.165, 1.54) is 12.4 Å². The monoisotopic (exact) mass is 238 g/mol. The molecule has 0 aliphatic carbocycles. The summed E-state index contributed by atoms with van der Waals surface area (Å²) in [7, 11) is 1.67. The van der Waals surface area contributed by atoms with Crippen molar-refractivity contribution in [2.24, 2.45) is 7.05 Å². The van der Waals surface area contributed by atoms with Crippen molar-refractivity contribution in [1.29, 1.82) is 0 Å². The molecule has 0 unspecified atom stereocenters. The fraction of sp³-hybridized carbons (Fsp3) is 0.125. The largest absolute Gasteiger partial charge is 1.00 e. The van der Waals surface area contributed by atoms with E-state index in [9.17, 15) is 12.9 Å². The molecule has 0 aliphatic heterocycles. The zero-order valence-electron chi connectivity index (χ0n) is 8.42. The number of hydrogen-bond donors (Lipinski definition) is 0. The number of aryl methyl sites for hydroxylation is 1. The maximum absolute atomic E-state index is 12.4. The number of fused-ring (bicyclic) bond motifs is 1. The molecule has 2 rings (SSSR count). The molecule has 1 aromatic carbocycles. The average molecular weight is 238 g/mol. The van der Waals surface area contributed by atoms with Gasteiger partial charge in [0, 0.05) is 7.05 Å². The maximum Gasteiger partial charge on any atom is 1.00 e. The van der Waals surface area contributed by atoms with Crippen LogP contribution in [-0.4, -0.2) is 16.5 Å². The molecule has 0 amide bonds. The Morgan fingerprint density at radius 3 is 2.53 bits per heavy atom. The molecule has 0 radical (unpaired) electrons. The van der Waals surface area contributed by atoms with Crippen molar-refractivity contribution in [2.75, 3.05) is 0 Å². The van der Waals surface area contributed by atoms with E-state index in [-0.39, 0.29) is 51.4 Å². The second kappa shape index (κ2) is 4.59. The van der Waals surface area contributed by atoms with Gasteiger partial charge in [0.05, 0.1) is 17.4 Å². The first-order valence-electron chi connectivity index (χ1n) is 4.09. The van der Waals surface area contributed by atoms with Crippen LogP contribution in [0.5, 0.6) is 0 Å². The Hall–Kier alpha value is 0.181. The van der Waals surface area contributed by atoms with Crippen LogP contribution >= 0.6 is 0 Å². The third kappa shape index (κ3) is 2.65. The van der Waals surface area contributed by atoms with Gasteiger partial charge in [-0.1, -0.05) is 12.1 Å². The van der Waals surface area contributed by atoms with Crippen molar-refractivity contribution in [1.82, 2.24) is 9.55 Å². The van der Waals surface area contributed by atoms with Gasteiger partial charge in [-0.25, -0.2) is 4.98 Å². The average Bonchev–Trinajstić information content (AvgIpc) is 2.46. The Kier molecular flexibility index (Phi) is 4.05. The molecule has 0 N–H and O–H groups in total. The Morgan fingerprint density at radius 1 is 1.27 bits per heavy atom. The minimum Gasteiger partial charge on any atom is -0.445 e. The van der Waals surface area contributed by atoms with Crippen LogP contribution in [0.2, 0.25) is 0 Å². The quantitative estimate of drug-likeness (QED) is 0.560. The summed E-state index contributed by atoms with van der Waals surface area (Å²) in [6.45, 7) is -4.92. The molecular formula is C8H7BF3KN2. The number of imidazole rings is 1. The van der Waals surface area contributed by atoms with Crippen LogP contribution in [-0.2, 0) is 7.05 Å². The predicted octanol–water partition coefficient (Wildman–Crippen LogP) is -1.37. The molecule has 1 aromatic heterocycles. The van der Waals surface area contributed by atoms with E-state index in [1.54, 1.807) is 11.6 Å². The van der Waals surface area contributed by atoms with E-state index in [0.717, 1.165) is 12.1 Å². The van der Waals surface area contributed by atoms with Crippen LogP contribution in [0.1, 0.15) is 0 Å². The normalized spacial score (nSPS) is 11.5. The van der Waals surface area contributed by atoms with E-state index in [0.29, 0.717) is 11.0 Å². The molecule has 7 heteroatoms. The first-order valence-corrected chi connectivity index (χ1v) is 4.09. The Labute approximate surface area is 127 Å². The van der Waals surface area contributed by atoms with Gasteiger partial charge in [-0.3, -0.25) is 0 Å². The number of aromatic nitrogens is 2. The van der Waals surface area contributed by atoms with Gasteiger partial charge in [0.2, 0.25) is 0 Å². The van der Waals surface area contributed by atoms with Gasteiger partial charge in [0.25, 0.3) is 0 Å². The summed E-state index contributed by atoms with van der Waals surface area (Å²) in [6, 6.07) is 3.58. The van der Waals surface area contributed by atoms with Crippen molar-refractivity contribution in [3.63, 3.8) is 0 Å². The van der Waals surface area contributed by atoms with Crippen LogP contribution in [0, 0.1) is 0 Å². The summed E-state index contributed by atoms with van der Waals surface area (Å²) in [4.78, 5) is 3.94. The van der Waals surface area contributed by atoms with Crippen LogP contribution in [0.25, 0.3) is 11.0 Å². The van der Waals surface area contributed by atoms with E-state index in [4.69, 9.17) is 0 Å². The molecule has 0 aliphatic rings. The Bertz CT molecular complexity index is 480. The van der Waals surface area contributed by atoms with Gasteiger partial charge in [0.15, 0.2) is 0 Å². The van der Waals surface area contributed by atoms with E-state index in [2.05, 4.69) is 4.98 Å². The smallest absolute Gasteiger partial charge is 0.445 e. The minimum absolute atomic E-state index is 0. The molecule has 0 saturated carbocycles. The van der Waals surface area contributed by atoms with E-state index < -0.39 is 12.4 Å². The first kappa shape index (κ1) is 13.2. The van der Waals surface area contributed by atoms with Gasteiger partial charge in [-0.2, -0.15) is 0 Å². The zero-order valence-corrected chi connectivity index (χ0v) is 11.5. The van der Waals surface area contributed by atoms with Gasteiger partial charge >= 0.3 is 58.4 Å². The molecule has 2 nitrogen and oxygen atoms in total. The topological polar surface area (TPSA) is 17.8 Å². The van der Waals surface area contributed by atoms with Crippen molar-refractivity contribution >= 4 is 23.5 Å². The van der Waals surface area contributed by atoms with Crippen LogP contribution in [0.4, 0.5) is 12.9 Å². The van der Waals surface area contributed by atoms with Gasteiger partial charge in [-0.15, -0.1) is 5.46 Å². The van der Waals surface area contributed by atoms with Gasteiger partial charge < -0.3 is 17.5 Å². The van der Waals surface area contributed by atoms with Crippen LogP contribution in [0.3, 0.4) is 0 Å². The SMILES string of the molecule is Cn1cnc2ccc([B-](F)(F)F)cc21.[K+]. The molecule has 1 heterocycles. The summed E-state index contributed by atoms with van der Waals surface area (Å²) >= 11 is 0. The maximum atomic E-state index is 12.4. The number of benzene rings is 1. The van der Waals surface area contributed by atoms with Crippen LogP contribution in [0.15, 0.2) is 24.5 Å². The second-order valence-electron chi connectivity index (χ2n) is 3.18. The van der Waals surface area contributed by atoms with Crippen molar-refractivity contribution in [3.05, 3.63) is 24.5 Å². The minimum atomic E-state index is -4.92. The summed E-state index contributed by atoms with van der Waals surface area (Å²) in [6.07, 6.45) is 1.50. The number of hydrogen-bond acceptors (Lipinski definition) is 1. The fourth-order valence-corrected chi connectivity index (χ4v) is 1.35. The third-order valence-electron chi connectivity index (χ3n) is 2.13.